The summed E-state index contributed by atoms with van der Waals surface area (Å²) >= 11 is 0. The highest BCUT2D eigenvalue weighted by molar-refractivity contribution is 5.09. The summed E-state index contributed by atoms with van der Waals surface area (Å²) in [6, 6.07) is 2.39. The first-order valence-electron chi connectivity index (χ1n) is 5.09. The first kappa shape index (κ1) is 9.68. The van der Waals surface area contributed by atoms with Crippen molar-refractivity contribution in [1.82, 2.24) is 14.7 Å². The van der Waals surface area contributed by atoms with E-state index in [1.54, 1.807) is 0 Å². The van der Waals surface area contributed by atoms with Crippen LogP contribution >= 0.6 is 0 Å². The van der Waals surface area contributed by atoms with E-state index < -0.39 is 0 Å². The van der Waals surface area contributed by atoms with Gasteiger partial charge in [0.15, 0.2) is 0 Å². The van der Waals surface area contributed by atoms with E-state index in [-0.39, 0.29) is 0 Å². The fourth-order valence-electron chi connectivity index (χ4n) is 2.23. The van der Waals surface area contributed by atoms with E-state index in [4.69, 9.17) is 5.73 Å². The summed E-state index contributed by atoms with van der Waals surface area (Å²) < 4.78 is 1.86. The maximum absolute atomic E-state index is 5.98. The number of aryl methyl sites for hydroxylation is 1. The average molecular weight is 194 g/mol. The molecule has 0 aliphatic carbocycles. The van der Waals surface area contributed by atoms with Crippen LogP contribution in [0.15, 0.2) is 12.3 Å². The molecule has 0 aromatic carbocycles. The average Bonchev–Trinajstić information content (AvgIpc) is 2.50. The molecule has 1 aliphatic rings. The summed E-state index contributed by atoms with van der Waals surface area (Å²) in [5, 5.41) is 4.44. The summed E-state index contributed by atoms with van der Waals surface area (Å²) in [6.07, 6.45) is 3.05. The van der Waals surface area contributed by atoms with Gasteiger partial charge >= 0.3 is 0 Å². The van der Waals surface area contributed by atoms with Crippen molar-refractivity contribution in [2.45, 2.75) is 18.4 Å². The first-order chi connectivity index (χ1) is 6.65. The third-order valence-corrected chi connectivity index (χ3v) is 2.82. The predicted octanol–water partition coefficient (Wildman–Crippen LogP) is 0.166. The molecular weight excluding hydrogens is 176 g/mol. The first-order valence-corrected chi connectivity index (χ1v) is 5.09. The summed E-state index contributed by atoms with van der Waals surface area (Å²) in [4.78, 5) is 2.29. The molecule has 0 radical (unpaired) electrons. The van der Waals surface area contributed by atoms with Gasteiger partial charge in [0.1, 0.15) is 0 Å². The molecule has 2 unspecified atom stereocenters. The molecule has 1 aliphatic heterocycles. The van der Waals surface area contributed by atoms with Crippen LogP contribution in [0, 0.1) is 0 Å². The largest absolute Gasteiger partial charge is 0.327 e. The van der Waals surface area contributed by atoms with Gasteiger partial charge in [0.05, 0.1) is 5.69 Å². The van der Waals surface area contributed by atoms with Gasteiger partial charge in [-0.25, -0.2) is 0 Å². The molecule has 0 amide bonds. The normalized spacial score (nSPS) is 29.4. The van der Waals surface area contributed by atoms with E-state index in [0.29, 0.717) is 12.0 Å². The second kappa shape index (κ2) is 3.71. The molecule has 1 fully saturated rings. The van der Waals surface area contributed by atoms with Gasteiger partial charge in [0, 0.05) is 38.3 Å². The number of hydrogen-bond acceptors (Lipinski definition) is 3. The Bertz CT molecular complexity index is 297. The van der Waals surface area contributed by atoms with Crippen molar-refractivity contribution >= 4 is 0 Å². The van der Waals surface area contributed by atoms with Crippen LogP contribution < -0.4 is 5.73 Å². The van der Waals surface area contributed by atoms with Crippen molar-refractivity contribution in [3.8, 4) is 0 Å². The number of nitrogens with two attached hydrogens (primary N) is 1. The number of hydrogen-bond donors (Lipinski definition) is 1. The molecular formula is C10H18N4. The van der Waals surface area contributed by atoms with Crippen LogP contribution in [0.4, 0.5) is 0 Å². The molecule has 0 saturated carbocycles. The minimum Gasteiger partial charge on any atom is -0.327 e. The Morgan fingerprint density at radius 3 is 2.79 bits per heavy atom. The number of likely N-dealkylation sites (tertiary alicyclic amines) is 1. The molecule has 0 spiro atoms. The van der Waals surface area contributed by atoms with Crippen LogP contribution in [-0.2, 0) is 7.05 Å². The third-order valence-electron chi connectivity index (χ3n) is 2.82. The van der Waals surface area contributed by atoms with E-state index in [2.05, 4.69) is 23.1 Å². The van der Waals surface area contributed by atoms with Gasteiger partial charge in [-0.15, -0.1) is 0 Å². The Morgan fingerprint density at radius 1 is 1.43 bits per heavy atom. The second-order valence-corrected chi connectivity index (χ2v) is 4.33. The van der Waals surface area contributed by atoms with Crippen molar-refractivity contribution in [1.29, 1.82) is 0 Å². The minimum absolute atomic E-state index is 0.292. The fourth-order valence-corrected chi connectivity index (χ4v) is 2.23. The topological polar surface area (TPSA) is 47.1 Å². The van der Waals surface area contributed by atoms with Gasteiger partial charge in [0.2, 0.25) is 0 Å². The molecule has 0 bridgehead atoms. The molecule has 2 rings (SSSR count). The maximum Gasteiger partial charge on any atom is 0.0668 e. The standard InChI is InChI=1S/C10H18N4/c1-13-6-8(5-9(11)7-13)10-3-4-14(2)12-10/h3-4,8-9H,5-7,11H2,1-2H3. The molecule has 14 heavy (non-hydrogen) atoms. The molecule has 2 N–H and O–H groups in total. The van der Waals surface area contributed by atoms with Gasteiger partial charge in [0.25, 0.3) is 0 Å². The highest BCUT2D eigenvalue weighted by Gasteiger charge is 2.25. The van der Waals surface area contributed by atoms with Crippen molar-refractivity contribution < 1.29 is 0 Å². The van der Waals surface area contributed by atoms with Crippen molar-refractivity contribution in [2.75, 3.05) is 20.1 Å². The van der Waals surface area contributed by atoms with Crippen LogP contribution in [0.1, 0.15) is 18.0 Å². The molecule has 1 aromatic rings. The smallest absolute Gasteiger partial charge is 0.0668 e. The van der Waals surface area contributed by atoms with E-state index >= 15 is 0 Å². The van der Waals surface area contributed by atoms with Crippen molar-refractivity contribution in [3.05, 3.63) is 18.0 Å². The molecule has 2 heterocycles. The zero-order valence-corrected chi connectivity index (χ0v) is 8.85. The number of likely N-dealkylation sites (N-methyl/N-ethyl adjacent to an activating group) is 1. The summed E-state index contributed by atoms with van der Waals surface area (Å²) in [7, 11) is 4.07. The molecule has 2 atom stereocenters. The minimum atomic E-state index is 0.292. The lowest BCUT2D eigenvalue weighted by Gasteiger charge is -2.32. The lowest BCUT2D eigenvalue weighted by Crippen LogP contribution is -2.44. The summed E-state index contributed by atoms with van der Waals surface area (Å²) in [6.45, 7) is 2.08. The van der Waals surface area contributed by atoms with Crippen molar-refractivity contribution in [2.24, 2.45) is 12.8 Å². The molecule has 1 saturated heterocycles. The maximum atomic E-state index is 5.98. The Morgan fingerprint density at radius 2 is 2.21 bits per heavy atom. The van der Waals surface area contributed by atoms with Gasteiger partial charge in [-0.3, -0.25) is 4.68 Å². The molecule has 1 aromatic heterocycles. The van der Waals surface area contributed by atoms with E-state index in [9.17, 15) is 0 Å². The zero-order chi connectivity index (χ0) is 10.1. The zero-order valence-electron chi connectivity index (χ0n) is 8.85. The third kappa shape index (κ3) is 1.96. The Hall–Kier alpha value is -0.870. The van der Waals surface area contributed by atoms with E-state index in [0.717, 1.165) is 19.5 Å². The monoisotopic (exact) mass is 194 g/mol. The van der Waals surface area contributed by atoms with Crippen LogP contribution in [0.5, 0.6) is 0 Å². The second-order valence-electron chi connectivity index (χ2n) is 4.33. The van der Waals surface area contributed by atoms with Crippen molar-refractivity contribution in [3.63, 3.8) is 0 Å². The predicted molar refractivity (Wildman–Crippen MR) is 56.0 cm³/mol. The van der Waals surface area contributed by atoms with Gasteiger partial charge in [-0.2, -0.15) is 5.10 Å². The van der Waals surface area contributed by atoms with Gasteiger partial charge < -0.3 is 10.6 Å². The van der Waals surface area contributed by atoms with Crippen LogP contribution in [0.2, 0.25) is 0 Å². The highest BCUT2D eigenvalue weighted by Crippen LogP contribution is 2.23. The Labute approximate surface area is 84.7 Å². The van der Waals surface area contributed by atoms with Gasteiger partial charge in [-0.05, 0) is 19.5 Å². The molecule has 4 nitrogen and oxygen atoms in total. The summed E-state index contributed by atoms with van der Waals surface area (Å²) in [5.41, 5.74) is 7.16. The number of nitrogens with zero attached hydrogens (tertiary/aromatic N) is 3. The van der Waals surface area contributed by atoms with Gasteiger partial charge in [-0.1, -0.05) is 0 Å². The Kier molecular flexibility index (Phi) is 2.56. The SMILES string of the molecule is CN1CC(N)CC(c2ccn(C)n2)C1. The number of aromatic nitrogens is 2. The van der Waals surface area contributed by atoms with E-state index in [1.165, 1.54) is 5.69 Å². The van der Waals surface area contributed by atoms with Crippen LogP contribution in [0.3, 0.4) is 0 Å². The Balaban J connectivity index is 2.10. The lowest BCUT2D eigenvalue weighted by atomic mass is 9.92. The molecule has 4 heteroatoms. The fraction of sp³-hybridized carbons (Fsp3) is 0.700. The lowest BCUT2D eigenvalue weighted by molar-refractivity contribution is 0.224. The quantitative estimate of drug-likeness (QED) is 0.693. The van der Waals surface area contributed by atoms with Crippen LogP contribution in [-0.4, -0.2) is 40.9 Å². The number of rotatable bonds is 1. The van der Waals surface area contributed by atoms with Crippen LogP contribution in [0.25, 0.3) is 0 Å². The molecule has 78 valence electrons. The van der Waals surface area contributed by atoms with E-state index in [1.807, 2.05) is 17.9 Å². The number of piperidine rings is 1. The summed E-state index contributed by atoms with van der Waals surface area (Å²) in [5.74, 6) is 0.505. The highest BCUT2D eigenvalue weighted by atomic mass is 15.3.